The molecule has 112 valence electrons. The van der Waals surface area contributed by atoms with Crippen molar-refractivity contribution < 1.29 is 14.3 Å². The zero-order valence-electron chi connectivity index (χ0n) is 13.1. The van der Waals surface area contributed by atoms with Crippen molar-refractivity contribution >= 4 is 5.78 Å². The molecule has 20 heavy (non-hydrogen) atoms. The lowest BCUT2D eigenvalue weighted by molar-refractivity contribution is 0.0698. The molecule has 1 aromatic rings. The van der Waals surface area contributed by atoms with Crippen LogP contribution in [-0.2, 0) is 4.74 Å². The summed E-state index contributed by atoms with van der Waals surface area (Å²) in [6, 6.07) is 7.38. The fraction of sp³-hybridized carbons (Fsp3) is 0.562. The van der Waals surface area contributed by atoms with E-state index in [9.17, 15) is 4.79 Å². The van der Waals surface area contributed by atoms with E-state index in [0.29, 0.717) is 18.2 Å². The fourth-order valence-corrected chi connectivity index (χ4v) is 2.24. The van der Waals surface area contributed by atoms with Crippen molar-refractivity contribution in [1.29, 1.82) is 0 Å². The van der Waals surface area contributed by atoms with Gasteiger partial charge in [0.25, 0.3) is 0 Å². The molecule has 0 aliphatic carbocycles. The minimum absolute atomic E-state index is 0.123. The second-order valence-corrected chi connectivity index (χ2v) is 5.09. The predicted molar refractivity (Wildman–Crippen MR) is 80.5 cm³/mol. The molecule has 1 aromatic carbocycles. The Morgan fingerprint density at radius 2 is 1.75 bits per heavy atom. The Hall–Kier alpha value is -1.39. The van der Waals surface area contributed by atoms with E-state index in [1.807, 2.05) is 31.2 Å². The first-order chi connectivity index (χ1) is 9.51. The molecule has 0 aliphatic rings. The van der Waals surface area contributed by atoms with Crippen LogP contribution < -0.4 is 4.74 Å². The number of carbonyl (C=O) groups excluding carboxylic acids is 1. The topological polar surface area (TPSA) is 38.8 Å². The second kappa shape index (κ2) is 8.02. The average Bonchev–Trinajstić information content (AvgIpc) is 2.46. The van der Waals surface area contributed by atoms with Crippen molar-refractivity contribution in [1.82, 2.24) is 4.90 Å². The minimum atomic E-state index is -0.168. The van der Waals surface area contributed by atoms with Crippen molar-refractivity contribution in [3.8, 4) is 5.75 Å². The van der Waals surface area contributed by atoms with Crippen LogP contribution in [0, 0.1) is 0 Å². The average molecular weight is 279 g/mol. The van der Waals surface area contributed by atoms with Crippen LogP contribution in [0.2, 0.25) is 0 Å². The van der Waals surface area contributed by atoms with Gasteiger partial charge >= 0.3 is 0 Å². The molecular formula is C16H25NO3. The van der Waals surface area contributed by atoms with Crippen molar-refractivity contribution in [3.05, 3.63) is 29.8 Å². The summed E-state index contributed by atoms with van der Waals surface area (Å²) in [6.07, 6.45) is 0. The van der Waals surface area contributed by atoms with Crippen molar-refractivity contribution in [2.75, 3.05) is 27.4 Å². The van der Waals surface area contributed by atoms with Crippen molar-refractivity contribution in [3.63, 3.8) is 0 Å². The van der Waals surface area contributed by atoms with E-state index in [-0.39, 0.29) is 11.8 Å². The molecule has 1 atom stereocenters. The molecule has 1 rings (SSSR count). The van der Waals surface area contributed by atoms with E-state index < -0.39 is 0 Å². The van der Waals surface area contributed by atoms with Crippen LogP contribution in [0.3, 0.4) is 0 Å². The van der Waals surface area contributed by atoms with Crippen LogP contribution in [-0.4, -0.2) is 50.1 Å². The number of rotatable bonds is 8. The Morgan fingerprint density at radius 3 is 2.20 bits per heavy atom. The van der Waals surface area contributed by atoms with Gasteiger partial charge in [-0.1, -0.05) is 0 Å². The lowest BCUT2D eigenvalue weighted by Crippen LogP contribution is -2.45. The molecule has 0 aliphatic heterocycles. The van der Waals surface area contributed by atoms with Gasteiger partial charge in [0.1, 0.15) is 5.75 Å². The summed E-state index contributed by atoms with van der Waals surface area (Å²) in [5.41, 5.74) is 0.710. The number of nitrogens with zero attached hydrogens (tertiary/aromatic N) is 1. The number of hydrogen-bond acceptors (Lipinski definition) is 4. The number of benzene rings is 1. The highest BCUT2D eigenvalue weighted by Gasteiger charge is 2.24. The van der Waals surface area contributed by atoms with Gasteiger partial charge in [0.2, 0.25) is 0 Å². The maximum Gasteiger partial charge on any atom is 0.179 e. The maximum atomic E-state index is 12.5. The summed E-state index contributed by atoms with van der Waals surface area (Å²) in [4.78, 5) is 14.7. The molecule has 0 radical (unpaired) electrons. The lowest BCUT2D eigenvalue weighted by Gasteiger charge is -2.31. The molecule has 0 amide bonds. The van der Waals surface area contributed by atoms with Gasteiger partial charge in [-0.3, -0.25) is 9.69 Å². The number of hydrogen-bond donors (Lipinski definition) is 0. The third-order valence-electron chi connectivity index (χ3n) is 3.47. The minimum Gasteiger partial charge on any atom is -0.497 e. The van der Waals surface area contributed by atoms with Gasteiger partial charge in [0.05, 0.1) is 19.8 Å². The molecule has 0 bridgehead atoms. The summed E-state index contributed by atoms with van der Waals surface area (Å²) in [5.74, 6) is 0.881. The maximum absolute atomic E-state index is 12.5. The first-order valence-corrected chi connectivity index (χ1v) is 6.94. The fourth-order valence-electron chi connectivity index (χ4n) is 2.24. The van der Waals surface area contributed by atoms with E-state index >= 15 is 0 Å². The molecule has 0 spiro atoms. The zero-order valence-corrected chi connectivity index (χ0v) is 13.1. The highest BCUT2D eigenvalue weighted by Crippen LogP contribution is 2.16. The highest BCUT2D eigenvalue weighted by atomic mass is 16.5. The molecule has 0 saturated carbocycles. The smallest absolute Gasteiger partial charge is 0.179 e. The molecular weight excluding hydrogens is 254 g/mol. The van der Waals surface area contributed by atoms with E-state index in [1.54, 1.807) is 14.2 Å². The van der Waals surface area contributed by atoms with Gasteiger partial charge in [0, 0.05) is 25.3 Å². The monoisotopic (exact) mass is 279 g/mol. The molecule has 0 heterocycles. The predicted octanol–water partition coefficient (Wildman–Crippen LogP) is 2.62. The van der Waals surface area contributed by atoms with Crippen molar-refractivity contribution in [2.24, 2.45) is 0 Å². The molecule has 4 heteroatoms. The van der Waals surface area contributed by atoms with Crippen molar-refractivity contribution in [2.45, 2.75) is 32.9 Å². The van der Waals surface area contributed by atoms with Crippen LogP contribution in [0.15, 0.2) is 24.3 Å². The van der Waals surface area contributed by atoms with E-state index in [4.69, 9.17) is 9.47 Å². The summed E-state index contributed by atoms with van der Waals surface area (Å²) < 4.78 is 10.2. The number of carbonyl (C=O) groups is 1. The molecule has 0 saturated heterocycles. The SMILES string of the molecule is COCCN(C(C)C)C(C)C(=O)c1ccc(OC)cc1. The van der Waals surface area contributed by atoms with Crippen LogP contribution in [0.25, 0.3) is 0 Å². The van der Waals surface area contributed by atoms with Gasteiger partial charge < -0.3 is 9.47 Å². The molecule has 4 nitrogen and oxygen atoms in total. The Labute approximate surface area is 121 Å². The number of ether oxygens (including phenoxy) is 2. The molecule has 1 unspecified atom stereocenters. The quantitative estimate of drug-likeness (QED) is 0.686. The number of ketones is 1. The summed E-state index contributed by atoms with van der Waals surface area (Å²) in [6.45, 7) is 7.50. The number of methoxy groups -OCH3 is 2. The van der Waals surface area contributed by atoms with Gasteiger partial charge in [-0.2, -0.15) is 0 Å². The summed E-state index contributed by atoms with van der Waals surface area (Å²) >= 11 is 0. The third-order valence-corrected chi connectivity index (χ3v) is 3.47. The van der Waals surface area contributed by atoms with E-state index in [0.717, 1.165) is 12.3 Å². The van der Waals surface area contributed by atoms with E-state index in [1.165, 1.54) is 0 Å². The Balaban J connectivity index is 2.81. The summed E-state index contributed by atoms with van der Waals surface area (Å²) in [5, 5.41) is 0. The Morgan fingerprint density at radius 1 is 1.15 bits per heavy atom. The van der Waals surface area contributed by atoms with Gasteiger partial charge in [0.15, 0.2) is 5.78 Å². The highest BCUT2D eigenvalue weighted by molar-refractivity contribution is 5.99. The molecule has 0 fully saturated rings. The van der Waals surface area contributed by atoms with Crippen LogP contribution in [0.1, 0.15) is 31.1 Å². The molecule has 0 aromatic heterocycles. The van der Waals surface area contributed by atoms with Crippen LogP contribution >= 0.6 is 0 Å². The van der Waals surface area contributed by atoms with Crippen LogP contribution in [0.4, 0.5) is 0 Å². The molecule has 0 N–H and O–H groups in total. The normalized spacial score (nSPS) is 12.8. The van der Waals surface area contributed by atoms with Gasteiger partial charge in [-0.25, -0.2) is 0 Å². The first kappa shape index (κ1) is 16.7. The Kier molecular flexibility index (Phi) is 6.68. The first-order valence-electron chi connectivity index (χ1n) is 6.94. The standard InChI is InChI=1S/C16H25NO3/c1-12(2)17(10-11-19-4)13(3)16(18)14-6-8-15(20-5)9-7-14/h6-9,12-13H,10-11H2,1-5H3. The second-order valence-electron chi connectivity index (χ2n) is 5.09. The van der Waals surface area contributed by atoms with Gasteiger partial charge in [-0.15, -0.1) is 0 Å². The third kappa shape index (κ3) is 4.32. The largest absolute Gasteiger partial charge is 0.497 e. The van der Waals surface area contributed by atoms with E-state index in [2.05, 4.69) is 18.7 Å². The van der Waals surface area contributed by atoms with Gasteiger partial charge in [-0.05, 0) is 45.0 Å². The van der Waals surface area contributed by atoms with Crippen LogP contribution in [0.5, 0.6) is 5.75 Å². The summed E-state index contributed by atoms with van der Waals surface area (Å²) in [7, 11) is 3.29. The lowest BCUT2D eigenvalue weighted by atomic mass is 10.0. The number of Topliss-reactive ketones (excluding diaryl/α,β-unsaturated/α-hetero) is 1. The zero-order chi connectivity index (χ0) is 15.1. The Bertz CT molecular complexity index is 414.